The standard InChI is InChI=1S/C17H22ClFN2O2.C6H6/c1-17(2,3)11-15(22)20-16-13(18)9-12(10-14(16)19)21-5-4-7-23-8-6-21;1-2-4-6-5-3-1/h4,7,9-10H,5-6,8,11H2,1-3H3,(H,20,22);1-6H. The van der Waals surface area contributed by atoms with Crippen LogP contribution in [0, 0.1) is 11.2 Å². The molecule has 0 saturated carbocycles. The molecule has 1 N–H and O–H groups in total. The average molecular weight is 419 g/mol. The summed E-state index contributed by atoms with van der Waals surface area (Å²) in [6, 6.07) is 15.0. The van der Waals surface area contributed by atoms with E-state index in [0.717, 1.165) is 0 Å². The summed E-state index contributed by atoms with van der Waals surface area (Å²) in [6.45, 7) is 7.62. The quantitative estimate of drug-likeness (QED) is 0.675. The van der Waals surface area contributed by atoms with Crippen LogP contribution in [-0.2, 0) is 9.53 Å². The predicted octanol–water partition coefficient (Wildman–Crippen LogP) is 5.89. The first-order chi connectivity index (χ1) is 13.8. The molecular weight excluding hydrogens is 391 g/mol. The third-order valence-corrected chi connectivity index (χ3v) is 4.31. The van der Waals surface area contributed by atoms with Crippen molar-refractivity contribution in [2.75, 3.05) is 29.9 Å². The molecule has 3 rings (SSSR count). The number of benzene rings is 2. The molecule has 0 fully saturated rings. The maximum absolute atomic E-state index is 14.4. The molecule has 6 heteroatoms. The Morgan fingerprint density at radius 1 is 1.17 bits per heavy atom. The van der Waals surface area contributed by atoms with E-state index in [0.29, 0.717) is 31.8 Å². The van der Waals surface area contributed by atoms with Gasteiger partial charge >= 0.3 is 0 Å². The summed E-state index contributed by atoms with van der Waals surface area (Å²) in [4.78, 5) is 13.9. The number of rotatable bonds is 3. The topological polar surface area (TPSA) is 41.6 Å². The first kappa shape index (κ1) is 22.8. The largest absolute Gasteiger partial charge is 0.500 e. The van der Waals surface area contributed by atoms with E-state index in [2.05, 4.69) is 5.32 Å². The Bertz CT molecular complexity index is 770. The summed E-state index contributed by atoms with van der Waals surface area (Å²) in [5.41, 5.74) is 0.522. The van der Waals surface area contributed by atoms with Gasteiger partial charge in [-0.1, -0.05) is 68.8 Å². The number of halogens is 2. The van der Waals surface area contributed by atoms with Crippen LogP contribution < -0.4 is 10.2 Å². The zero-order valence-corrected chi connectivity index (χ0v) is 17.9. The molecule has 2 aromatic rings. The SMILES string of the molecule is CC(C)(C)CC(=O)Nc1c(F)cc(N2CC=COCC2)cc1Cl.c1ccccc1. The molecule has 0 radical (unpaired) electrons. The molecular formula is C23H28ClFN2O2. The summed E-state index contributed by atoms with van der Waals surface area (Å²) >= 11 is 6.18. The van der Waals surface area contributed by atoms with Crippen molar-refractivity contribution in [3.8, 4) is 0 Å². The highest BCUT2D eigenvalue weighted by Crippen LogP contribution is 2.32. The van der Waals surface area contributed by atoms with E-state index < -0.39 is 5.82 Å². The Hall–Kier alpha value is -2.53. The second-order valence-corrected chi connectivity index (χ2v) is 8.32. The summed E-state index contributed by atoms with van der Waals surface area (Å²) in [7, 11) is 0. The Balaban J connectivity index is 0.000000426. The number of hydrogen-bond donors (Lipinski definition) is 1. The second kappa shape index (κ2) is 10.9. The number of anilines is 2. The van der Waals surface area contributed by atoms with Crippen molar-refractivity contribution in [2.45, 2.75) is 27.2 Å². The third kappa shape index (κ3) is 8.16. The number of nitrogens with zero attached hydrogens (tertiary/aromatic N) is 1. The molecule has 0 saturated heterocycles. The Kier molecular flexibility index (Phi) is 8.52. The molecule has 0 aliphatic carbocycles. The van der Waals surface area contributed by atoms with Crippen molar-refractivity contribution < 1.29 is 13.9 Å². The number of amides is 1. The maximum Gasteiger partial charge on any atom is 0.225 e. The summed E-state index contributed by atoms with van der Waals surface area (Å²) in [6.07, 6.45) is 3.79. The van der Waals surface area contributed by atoms with E-state index in [1.165, 1.54) is 6.07 Å². The van der Waals surface area contributed by atoms with Gasteiger partial charge in [0.05, 0.1) is 23.5 Å². The molecule has 0 aromatic heterocycles. The lowest BCUT2D eigenvalue weighted by atomic mass is 9.92. The number of ether oxygens (including phenoxy) is 1. The molecule has 29 heavy (non-hydrogen) atoms. The lowest BCUT2D eigenvalue weighted by molar-refractivity contribution is -0.117. The number of nitrogens with one attached hydrogen (secondary N) is 1. The molecule has 0 spiro atoms. The van der Waals surface area contributed by atoms with Crippen molar-refractivity contribution >= 4 is 28.9 Å². The van der Waals surface area contributed by atoms with Crippen molar-refractivity contribution in [2.24, 2.45) is 5.41 Å². The van der Waals surface area contributed by atoms with Gasteiger partial charge < -0.3 is 15.0 Å². The van der Waals surface area contributed by atoms with Crippen LogP contribution in [0.2, 0.25) is 5.02 Å². The van der Waals surface area contributed by atoms with Gasteiger partial charge in [0.1, 0.15) is 12.4 Å². The maximum atomic E-state index is 14.4. The highest BCUT2D eigenvalue weighted by atomic mass is 35.5. The van der Waals surface area contributed by atoms with Gasteiger partial charge in [0, 0.05) is 18.7 Å². The monoisotopic (exact) mass is 418 g/mol. The molecule has 2 aromatic carbocycles. The lowest BCUT2D eigenvalue weighted by Gasteiger charge is -2.23. The van der Waals surface area contributed by atoms with Gasteiger partial charge in [0.15, 0.2) is 0 Å². The van der Waals surface area contributed by atoms with Crippen molar-refractivity contribution in [1.82, 2.24) is 0 Å². The van der Waals surface area contributed by atoms with Crippen molar-refractivity contribution in [3.05, 3.63) is 71.7 Å². The smallest absolute Gasteiger partial charge is 0.225 e. The first-order valence-corrected chi connectivity index (χ1v) is 9.94. The number of hydrogen-bond acceptors (Lipinski definition) is 3. The van der Waals surface area contributed by atoms with E-state index >= 15 is 0 Å². The van der Waals surface area contributed by atoms with Gasteiger partial charge in [-0.15, -0.1) is 0 Å². The zero-order chi connectivity index (χ0) is 21.3. The van der Waals surface area contributed by atoms with Crippen LogP contribution in [0.25, 0.3) is 0 Å². The van der Waals surface area contributed by atoms with Gasteiger partial charge in [-0.05, 0) is 23.6 Å². The molecule has 1 aliphatic heterocycles. The highest BCUT2D eigenvalue weighted by molar-refractivity contribution is 6.34. The highest BCUT2D eigenvalue weighted by Gasteiger charge is 2.20. The molecule has 1 heterocycles. The summed E-state index contributed by atoms with van der Waals surface area (Å²) in [5.74, 6) is -0.791. The Labute approximate surface area is 177 Å². The number of carbonyl (C=O) groups is 1. The summed E-state index contributed by atoms with van der Waals surface area (Å²) < 4.78 is 19.6. The predicted molar refractivity (Wildman–Crippen MR) is 118 cm³/mol. The molecule has 0 atom stereocenters. The fraction of sp³-hybridized carbons (Fsp3) is 0.348. The van der Waals surface area contributed by atoms with E-state index in [4.69, 9.17) is 16.3 Å². The van der Waals surface area contributed by atoms with E-state index in [9.17, 15) is 9.18 Å². The van der Waals surface area contributed by atoms with E-state index in [1.807, 2.05) is 68.1 Å². The molecule has 0 bridgehead atoms. The lowest BCUT2D eigenvalue weighted by Crippen LogP contribution is -2.26. The van der Waals surface area contributed by atoms with Crippen LogP contribution >= 0.6 is 11.6 Å². The Morgan fingerprint density at radius 3 is 2.34 bits per heavy atom. The van der Waals surface area contributed by atoms with E-state index in [1.54, 1.807) is 12.3 Å². The minimum absolute atomic E-state index is 0.0336. The van der Waals surface area contributed by atoms with Crippen molar-refractivity contribution in [3.63, 3.8) is 0 Å². The molecule has 0 unspecified atom stereocenters. The van der Waals surface area contributed by atoms with Crippen LogP contribution in [0.4, 0.5) is 15.8 Å². The van der Waals surface area contributed by atoms with Gasteiger partial charge in [-0.25, -0.2) is 4.39 Å². The van der Waals surface area contributed by atoms with Crippen LogP contribution in [0.3, 0.4) is 0 Å². The van der Waals surface area contributed by atoms with Gasteiger partial charge in [-0.2, -0.15) is 0 Å². The molecule has 1 amide bonds. The van der Waals surface area contributed by atoms with E-state index in [-0.39, 0.29) is 22.0 Å². The average Bonchev–Trinajstić information content (AvgIpc) is 2.94. The first-order valence-electron chi connectivity index (χ1n) is 9.57. The number of carbonyl (C=O) groups excluding carboxylic acids is 1. The van der Waals surface area contributed by atoms with Crippen LogP contribution in [0.15, 0.2) is 60.9 Å². The summed E-state index contributed by atoms with van der Waals surface area (Å²) in [5, 5.41) is 2.77. The van der Waals surface area contributed by atoms with Crippen molar-refractivity contribution in [1.29, 1.82) is 0 Å². The van der Waals surface area contributed by atoms with Gasteiger partial charge in [-0.3, -0.25) is 4.79 Å². The zero-order valence-electron chi connectivity index (χ0n) is 17.1. The van der Waals surface area contributed by atoms with Crippen LogP contribution in [0.1, 0.15) is 27.2 Å². The minimum atomic E-state index is -0.538. The van der Waals surface area contributed by atoms with Gasteiger partial charge in [0.25, 0.3) is 0 Å². The van der Waals surface area contributed by atoms with Crippen LogP contribution in [-0.4, -0.2) is 25.6 Å². The third-order valence-electron chi connectivity index (χ3n) is 4.01. The molecule has 4 nitrogen and oxygen atoms in total. The fourth-order valence-electron chi connectivity index (χ4n) is 2.71. The Morgan fingerprint density at radius 2 is 1.79 bits per heavy atom. The molecule has 156 valence electrons. The van der Waals surface area contributed by atoms with Gasteiger partial charge in [0.2, 0.25) is 5.91 Å². The molecule has 1 aliphatic rings. The van der Waals surface area contributed by atoms with Crippen LogP contribution in [0.5, 0.6) is 0 Å². The minimum Gasteiger partial charge on any atom is -0.500 e. The fourth-order valence-corrected chi connectivity index (χ4v) is 2.96. The second-order valence-electron chi connectivity index (χ2n) is 7.91. The normalized spacial score (nSPS) is 13.6.